The highest BCUT2D eigenvalue weighted by molar-refractivity contribution is 4.67. The van der Waals surface area contributed by atoms with E-state index in [4.69, 9.17) is 11.0 Å². The molecule has 0 saturated heterocycles. The quantitative estimate of drug-likeness (QED) is 0.437. The number of hydrogen-bond acceptors (Lipinski definition) is 2. The van der Waals surface area contributed by atoms with E-state index >= 15 is 0 Å². The van der Waals surface area contributed by atoms with Crippen LogP contribution in [0.5, 0.6) is 0 Å². The molecule has 0 aromatic heterocycles. The zero-order valence-corrected chi connectivity index (χ0v) is 2.94. The maximum absolute atomic E-state index is 7.74. The van der Waals surface area contributed by atoms with Gasteiger partial charge in [-0.3, -0.25) is 0 Å². The Morgan fingerprint density at radius 3 is 2.40 bits per heavy atom. The van der Waals surface area contributed by atoms with Gasteiger partial charge in [0.2, 0.25) is 0 Å². The van der Waals surface area contributed by atoms with Crippen LogP contribution < -0.4 is 5.73 Å². The average Bonchev–Trinajstić information content (AvgIpc) is 1.41. The third-order valence-corrected chi connectivity index (χ3v) is 0.256. The number of nitriles is 1. The summed E-state index contributed by atoms with van der Waals surface area (Å²) in [4.78, 5) is 0. The van der Waals surface area contributed by atoms with E-state index in [1.807, 2.05) is 6.07 Å². The largest absolute Gasteiger partial charge is 0.329 e. The zero-order valence-electron chi connectivity index (χ0n) is 2.94. The topological polar surface area (TPSA) is 49.8 Å². The first kappa shape index (κ1) is 4.45. The van der Waals surface area contributed by atoms with Crippen molar-refractivity contribution >= 4 is 0 Å². The molecule has 0 bridgehead atoms. The summed E-state index contributed by atoms with van der Waals surface area (Å²) in [7, 11) is 0. The fraction of sp³-hybridized carbons (Fsp3) is 0.667. The van der Waals surface area contributed by atoms with Crippen LogP contribution in [0.15, 0.2) is 0 Å². The lowest BCUT2D eigenvalue weighted by molar-refractivity contribution is 1.02. The van der Waals surface area contributed by atoms with E-state index in [9.17, 15) is 0 Å². The molecule has 0 saturated carbocycles. The van der Waals surface area contributed by atoms with Crippen LogP contribution in [0.4, 0.5) is 0 Å². The second-order valence-electron chi connectivity index (χ2n) is 0.697. The van der Waals surface area contributed by atoms with Crippen molar-refractivity contribution in [1.82, 2.24) is 0 Å². The molecule has 0 amide bonds. The first-order valence-corrected chi connectivity index (χ1v) is 1.49. The Kier molecular flexibility index (Phi) is 3.07. The van der Waals surface area contributed by atoms with Gasteiger partial charge in [-0.25, -0.2) is 0 Å². The molecule has 0 unspecified atom stereocenters. The minimum Gasteiger partial charge on any atom is -0.329 e. The van der Waals surface area contributed by atoms with Crippen LogP contribution in [0.25, 0.3) is 0 Å². The molecule has 0 atom stereocenters. The molecule has 0 aromatic carbocycles. The van der Waals surface area contributed by atoms with Gasteiger partial charge in [0.25, 0.3) is 0 Å². The molecule has 0 spiro atoms. The number of rotatable bonds is 1. The maximum atomic E-state index is 7.74. The van der Waals surface area contributed by atoms with Crippen molar-refractivity contribution in [2.45, 2.75) is 6.42 Å². The number of nitrogens with two attached hydrogens (primary N) is 1. The average molecular weight is 71.1 g/mol. The highest BCUT2D eigenvalue weighted by atomic mass is 15.3. The molecule has 2 heteroatoms. The van der Waals surface area contributed by atoms with E-state index in [2.05, 4.69) is 0 Å². The van der Waals surface area contributed by atoms with Crippen LogP contribution in [0.2, 0.25) is 0 Å². The normalized spacial score (nSPS) is 6.40. The van der Waals surface area contributed by atoms with Gasteiger partial charge in [0.05, 0.1) is 6.07 Å². The second-order valence-corrected chi connectivity index (χ2v) is 0.697. The molecular weight excluding hydrogens is 65.0 g/mol. The van der Waals surface area contributed by atoms with E-state index in [1.54, 1.807) is 0 Å². The Morgan fingerprint density at radius 1 is 1.80 bits per heavy atom. The summed E-state index contributed by atoms with van der Waals surface area (Å²) >= 11 is 0. The predicted octanol–water partition coefficient (Wildman–Crippen LogP) is -0.141. The molecular formula is C3H6N2. The molecule has 2 N–H and O–H groups in total. The fourth-order valence-electron chi connectivity index (χ4n) is 0.0645. The van der Waals surface area contributed by atoms with E-state index in [-0.39, 0.29) is 0 Å². The summed E-state index contributed by atoms with van der Waals surface area (Å²) < 4.78 is 0. The van der Waals surface area contributed by atoms with Gasteiger partial charge in [-0.15, -0.1) is 0 Å². The first-order valence-electron chi connectivity index (χ1n) is 1.49. The van der Waals surface area contributed by atoms with Gasteiger partial charge in [0, 0.05) is 13.0 Å². The molecule has 0 aliphatic rings. The summed E-state index contributed by atoms with van der Waals surface area (Å²) in [6.45, 7) is 0.483. The van der Waals surface area contributed by atoms with Gasteiger partial charge in [-0.05, 0) is 0 Å². The van der Waals surface area contributed by atoms with Crippen molar-refractivity contribution < 1.29 is 0 Å². The Labute approximate surface area is 31.2 Å². The van der Waals surface area contributed by atoms with E-state index in [0.29, 0.717) is 13.0 Å². The maximum Gasteiger partial charge on any atom is 0.0635 e. The summed E-state index contributed by atoms with van der Waals surface area (Å²) in [6, 6.07) is 1.89. The highest BCUT2D eigenvalue weighted by Crippen LogP contribution is 1.59. The molecule has 0 aliphatic heterocycles. The number of hydrogen-bond donors (Lipinski definition) is 1. The van der Waals surface area contributed by atoms with Crippen molar-refractivity contribution in [3.8, 4) is 6.07 Å². The summed E-state index contributed by atoms with van der Waals surface area (Å²) in [5.74, 6) is 0. The first-order chi connectivity index (χ1) is 2.41. The number of nitrogens with zero attached hydrogens (tertiary/aromatic N) is 1. The van der Waals surface area contributed by atoms with E-state index in [0.717, 1.165) is 0 Å². The Morgan fingerprint density at radius 2 is 2.40 bits per heavy atom. The standard InChI is InChI=1S/C3H6N2/c4-2-1-3-5/h1-2,4H2/i4+1. The minimum atomic E-state index is 0.472. The van der Waals surface area contributed by atoms with Gasteiger partial charge in [0.15, 0.2) is 0 Å². The van der Waals surface area contributed by atoms with Gasteiger partial charge in [0.1, 0.15) is 0 Å². The summed E-state index contributed by atoms with van der Waals surface area (Å²) in [6.07, 6.45) is 0.472. The van der Waals surface area contributed by atoms with Crippen molar-refractivity contribution in [2.75, 3.05) is 6.54 Å². The van der Waals surface area contributed by atoms with Crippen LogP contribution in [-0.2, 0) is 0 Å². The minimum absolute atomic E-state index is 0.472. The van der Waals surface area contributed by atoms with Crippen molar-refractivity contribution in [2.24, 2.45) is 5.73 Å². The molecule has 0 aromatic rings. The lowest BCUT2D eigenvalue weighted by atomic mass is 10.5. The third-order valence-electron chi connectivity index (χ3n) is 0.256. The molecule has 0 rings (SSSR count). The van der Waals surface area contributed by atoms with Crippen LogP contribution in [0.1, 0.15) is 6.42 Å². The van der Waals surface area contributed by atoms with Gasteiger partial charge in [-0.2, -0.15) is 5.26 Å². The fourth-order valence-corrected chi connectivity index (χ4v) is 0.0645. The monoisotopic (exact) mass is 71.1 g/mol. The molecule has 0 aliphatic carbocycles. The molecule has 0 heterocycles. The SMILES string of the molecule is N#CCC[15NH2]. The third kappa shape index (κ3) is 3.45. The van der Waals surface area contributed by atoms with Gasteiger partial charge >= 0.3 is 0 Å². The van der Waals surface area contributed by atoms with E-state index < -0.39 is 0 Å². The summed E-state index contributed by atoms with van der Waals surface area (Å²) in [5, 5.41) is 7.74. The van der Waals surface area contributed by atoms with Crippen molar-refractivity contribution in [3.63, 3.8) is 0 Å². The molecule has 0 fully saturated rings. The highest BCUT2D eigenvalue weighted by Gasteiger charge is 1.65. The Bertz CT molecular complexity index is 43.3. The predicted molar refractivity (Wildman–Crippen MR) is 19.3 cm³/mol. The van der Waals surface area contributed by atoms with Crippen LogP contribution >= 0.6 is 0 Å². The summed E-state index contributed by atoms with van der Waals surface area (Å²) in [5.41, 5.74) is 4.92. The molecule has 0 radical (unpaired) electrons. The van der Waals surface area contributed by atoms with Crippen molar-refractivity contribution in [1.29, 1.82) is 5.26 Å². The lowest BCUT2D eigenvalue weighted by Gasteiger charge is -1.68. The molecule has 2 nitrogen and oxygen atoms in total. The molecule has 28 valence electrons. The van der Waals surface area contributed by atoms with Crippen LogP contribution in [0.3, 0.4) is 0 Å². The Balaban J connectivity index is 2.48. The van der Waals surface area contributed by atoms with Gasteiger partial charge < -0.3 is 5.73 Å². The second kappa shape index (κ2) is 3.45. The van der Waals surface area contributed by atoms with Crippen LogP contribution in [-0.4, -0.2) is 6.54 Å². The van der Waals surface area contributed by atoms with Crippen LogP contribution in [0, 0.1) is 11.3 Å². The molecule has 5 heavy (non-hydrogen) atoms. The van der Waals surface area contributed by atoms with Gasteiger partial charge in [-0.1, -0.05) is 0 Å². The smallest absolute Gasteiger partial charge is 0.0635 e. The Hall–Kier alpha value is -0.550. The lowest BCUT2D eigenvalue weighted by Crippen LogP contribution is -1.94. The van der Waals surface area contributed by atoms with Crippen molar-refractivity contribution in [3.05, 3.63) is 0 Å². The zero-order chi connectivity index (χ0) is 4.12. The van der Waals surface area contributed by atoms with E-state index in [1.165, 1.54) is 0 Å².